The van der Waals surface area contributed by atoms with Gasteiger partial charge in [0.2, 0.25) is 0 Å². The summed E-state index contributed by atoms with van der Waals surface area (Å²) in [5.41, 5.74) is 1.70. The monoisotopic (exact) mass is 232 g/mol. The van der Waals surface area contributed by atoms with Crippen LogP contribution in [0, 0.1) is 0 Å². The molecular formula is C15H20O2. The van der Waals surface area contributed by atoms with E-state index in [0.29, 0.717) is 18.4 Å². The predicted molar refractivity (Wildman–Crippen MR) is 69.3 cm³/mol. The lowest BCUT2D eigenvalue weighted by molar-refractivity contribution is -0.118. The van der Waals surface area contributed by atoms with Gasteiger partial charge in [-0.2, -0.15) is 0 Å². The van der Waals surface area contributed by atoms with Crippen LogP contribution in [0.1, 0.15) is 55.5 Å². The number of carbonyl (C=O) groups is 2. The van der Waals surface area contributed by atoms with Gasteiger partial charge in [0.1, 0.15) is 5.78 Å². The number of benzene rings is 1. The zero-order valence-electron chi connectivity index (χ0n) is 10.7. The number of carbonyl (C=O) groups excluding carboxylic acids is 2. The van der Waals surface area contributed by atoms with Gasteiger partial charge >= 0.3 is 0 Å². The zero-order valence-corrected chi connectivity index (χ0v) is 10.7. The van der Waals surface area contributed by atoms with E-state index in [1.54, 1.807) is 19.1 Å². The molecule has 1 aromatic rings. The average Bonchev–Trinajstić information content (AvgIpc) is 2.30. The van der Waals surface area contributed by atoms with E-state index in [0.717, 1.165) is 24.8 Å². The molecule has 0 aliphatic rings. The SMILES string of the molecule is CCCCCC(=O)Cc1ccc(C(C)=O)cc1. The minimum Gasteiger partial charge on any atom is -0.299 e. The van der Waals surface area contributed by atoms with Crippen LogP contribution in [-0.4, -0.2) is 11.6 Å². The summed E-state index contributed by atoms with van der Waals surface area (Å²) in [6.45, 7) is 3.68. The molecule has 0 saturated carbocycles. The number of ketones is 2. The second-order valence-electron chi connectivity index (χ2n) is 4.43. The molecule has 0 radical (unpaired) electrons. The van der Waals surface area contributed by atoms with Crippen molar-refractivity contribution in [3.05, 3.63) is 35.4 Å². The van der Waals surface area contributed by atoms with Crippen molar-refractivity contribution in [1.29, 1.82) is 0 Å². The molecule has 0 heterocycles. The van der Waals surface area contributed by atoms with Crippen molar-refractivity contribution in [2.45, 2.75) is 46.0 Å². The molecule has 0 aliphatic heterocycles. The third-order valence-corrected chi connectivity index (χ3v) is 2.82. The van der Waals surface area contributed by atoms with Crippen LogP contribution in [0.25, 0.3) is 0 Å². The second-order valence-corrected chi connectivity index (χ2v) is 4.43. The Kier molecular flexibility index (Phi) is 5.61. The van der Waals surface area contributed by atoms with Gasteiger partial charge in [0.05, 0.1) is 0 Å². The van der Waals surface area contributed by atoms with Crippen LogP contribution >= 0.6 is 0 Å². The van der Waals surface area contributed by atoms with Crippen molar-refractivity contribution < 1.29 is 9.59 Å². The lowest BCUT2D eigenvalue weighted by Gasteiger charge is -2.02. The van der Waals surface area contributed by atoms with Gasteiger partial charge in [0.25, 0.3) is 0 Å². The van der Waals surface area contributed by atoms with E-state index in [4.69, 9.17) is 0 Å². The van der Waals surface area contributed by atoms with Crippen LogP contribution in [0.2, 0.25) is 0 Å². The van der Waals surface area contributed by atoms with Gasteiger partial charge in [0, 0.05) is 18.4 Å². The lowest BCUT2D eigenvalue weighted by Crippen LogP contribution is -2.03. The molecule has 0 aliphatic carbocycles. The summed E-state index contributed by atoms with van der Waals surface area (Å²) >= 11 is 0. The largest absolute Gasteiger partial charge is 0.299 e. The molecule has 0 unspecified atom stereocenters. The molecule has 0 amide bonds. The lowest BCUT2D eigenvalue weighted by atomic mass is 10.0. The molecule has 2 nitrogen and oxygen atoms in total. The second kappa shape index (κ2) is 7.00. The van der Waals surface area contributed by atoms with Gasteiger partial charge < -0.3 is 0 Å². The summed E-state index contributed by atoms with van der Waals surface area (Å²) in [5.74, 6) is 0.347. The summed E-state index contributed by atoms with van der Waals surface area (Å²) in [4.78, 5) is 22.7. The van der Waals surface area contributed by atoms with Crippen LogP contribution in [0.5, 0.6) is 0 Å². The highest BCUT2D eigenvalue weighted by molar-refractivity contribution is 5.94. The molecule has 17 heavy (non-hydrogen) atoms. The predicted octanol–water partition coefficient (Wildman–Crippen LogP) is 3.58. The van der Waals surface area contributed by atoms with Crippen LogP contribution in [-0.2, 0) is 11.2 Å². The van der Waals surface area contributed by atoms with Crippen LogP contribution in [0.3, 0.4) is 0 Å². The Morgan fingerprint density at radius 2 is 1.71 bits per heavy atom. The molecule has 92 valence electrons. The minimum absolute atomic E-state index is 0.0609. The van der Waals surface area contributed by atoms with Crippen molar-refractivity contribution in [3.63, 3.8) is 0 Å². The highest BCUT2D eigenvalue weighted by Crippen LogP contribution is 2.08. The van der Waals surface area contributed by atoms with Gasteiger partial charge in [-0.05, 0) is 18.9 Å². The third-order valence-electron chi connectivity index (χ3n) is 2.82. The minimum atomic E-state index is 0.0609. The summed E-state index contributed by atoms with van der Waals surface area (Å²) in [5, 5.41) is 0. The molecule has 0 spiro atoms. The topological polar surface area (TPSA) is 34.1 Å². The molecule has 0 aromatic heterocycles. The Labute approximate surface area is 103 Å². The number of hydrogen-bond donors (Lipinski definition) is 0. The van der Waals surface area contributed by atoms with Crippen molar-refractivity contribution in [2.75, 3.05) is 0 Å². The first kappa shape index (κ1) is 13.6. The third kappa shape index (κ3) is 4.94. The van der Waals surface area contributed by atoms with Gasteiger partial charge in [0.15, 0.2) is 5.78 Å². The fourth-order valence-electron chi connectivity index (χ4n) is 1.75. The van der Waals surface area contributed by atoms with Gasteiger partial charge in [-0.25, -0.2) is 0 Å². The number of hydrogen-bond acceptors (Lipinski definition) is 2. The molecule has 0 atom stereocenters. The van der Waals surface area contributed by atoms with E-state index in [1.165, 1.54) is 0 Å². The summed E-state index contributed by atoms with van der Waals surface area (Å²) in [6.07, 6.45) is 4.40. The molecule has 0 fully saturated rings. The van der Waals surface area contributed by atoms with E-state index in [2.05, 4.69) is 6.92 Å². The van der Waals surface area contributed by atoms with Gasteiger partial charge in [-0.1, -0.05) is 44.0 Å². The quantitative estimate of drug-likeness (QED) is 0.532. The normalized spacial score (nSPS) is 10.2. The highest BCUT2D eigenvalue weighted by atomic mass is 16.1. The van der Waals surface area contributed by atoms with Crippen molar-refractivity contribution in [1.82, 2.24) is 0 Å². The molecule has 1 aromatic carbocycles. The Morgan fingerprint density at radius 3 is 2.24 bits per heavy atom. The summed E-state index contributed by atoms with van der Waals surface area (Å²) in [7, 11) is 0. The Hall–Kier alpha value is -1.44. The molecule has 1 rings (SSSR count). The average molecular weight is 232 g/mol. The van der Waals surface area contributed by atoms with Crippen molar-refractivity contribution in [2.24, 2.45) is 0 Å². The number of Topliss-reactive ketones (excluding diaryl/α,β-unsaturated/α-hetero) is 2. The summed E-state index contributed by atoms with van der Waals surface area (Å²) < 4.78 is 0. The van der Waals surface area contributed by atoms with Crippen LogP contribution < -0.4 is 0 Å². The summed E-state index contributed by atoms with van der Waals surface area (Å²) in [6, 6.07) is 7.32. The van der Waals surface area contributed by atoms with E-state index >= 15 is 0 Å². The van der Waals surface area contributed by atoms with E-state index in [-0.39, 0.29) is 11.6 Å². The fraction of sp³-hybridized carbons (Fsp3) is 0.467. The molecule has 0 saturated heterocycles. The first-order valence-corrected chi connectivity index (χ1v) is 6.25. The maximum absolute atomic E-state index is 11.6. The Morgan fingerprint density at radius 1 is 1.06 bits per heavy atom. The maximum Gasteiger partial charge on any atom is 0.159 e. The smallest absolute Gasteiger partial charge is 0.159 e. The first-order chi connectivity index (χ1) is 8.13. The number of unbranched alkanes of at least 4 members (excludes halogenated alkanes) is 2. The first-order valence-electron chi connectivity index (χ1n) is 6.25. The van der Waals surface area contributed by atoms with E-state index < -0.39 is 0 Å². The molecule has 0 N–H and O–H groups in total. The Bertz CT molecular complexity index is 376. The zero-order chi connectivity index (χ0) is 12.7. The van der Waals surface area contributed by atoms with Crippen molar-refractivity contribution in [3.8, 4) is 0 Å². The van der Waals surface area contributed by atoms with Crippen molar-refractivity contribution >= 4 is 11.6 Å². The van der Waals surface area contributed by atoms with Gasteiger partial charge in [-0.15, -0.1) is 0 Å². The van der Waals surface area contributed by atoms with Crippen LogP contribution in [0.4, 0.5) is 0 Å². The van der Waals surface area contributed by atoms with Crippen LogP contribution in [0.15, 0.2) is 24.3 Å². The molecule has 0 bridgehead atoms. The van der Waals surface area contributed by atoms with E-state index in [9.17, 15) is 9.59 Å². The highest BCUT2D eigenvalue weighted by Gasteiger charge is 2.04. The fourth-order valence-corrected chi connectivity index (χ4v) is 1.75. The number of rotatable bonds is 7. The standard InChI is InChI=1S/C15H20O2/c1-3-4-5-6-15(17)11-13-7-9-14(10-8-13)12(2)16/h7-10H,3-6,11H2,1-2H3. The van der Waals surface area contributed by atoms with Gasteiger partial charge in [-0.3, -0.25) is 9.59 Å². The van der Waals surface area contributed by atoms with E-state index in [1.807, 2.05) is 12.1 Å². The Balaban J connectivity index is 2.46. The molecule has 2 heteroatoms. The maximum atomic E-state index is 11.6. The molecular weight excluding hydrogens is 212 g/mol.